The van der Waals surface area contributed by atoms with E-state index >= 15 is 0 Å². The molecule has 5 aliphatic rings. The number of rotatable bonds is 2. The molecule has 1 aliphatic heterocycles. The van der Waals surface area contributed by atoms with Crippen LogP contribution >= 0.6 is 0 Å². The highest BCUT2D eigenvalue weighted by Gasteiger charge is 2.61. The van der Waals surface area contributed by atoms with Crippen molar-refractivity contribution in [1.82, 2.24) is 0 Å². The molecule has 1 atom stereocenters. The molecular weight excluding hydrogens is 326 g/mol. The summed E-state index contributed by atoms with van der Waals surface area (Å²) in [7, 11) is 0. The lowest BCUT2D eigenvalue weighted by Crippen LogP contribution is -2.63. The number of ether oxygens (including phenoxy) is 1. The van der Waals surface area contributed by atoms with Crippen LogP contribution in [-0.4, -0.2) is 18.5 Å². The van der Waals surface area contributed by atoms with Crippen molar-refractivity contribution in [3.05, 3.63) is 42.0 Å². The third-order valence-corrected chi connectivity index (χ3v) is 6.70. The van der Waals surface area contributed by atoms with E-state index in [2.05, 4.69) is 6.58 Å². The number of hydrogen-bond acceptors (Lipinski definition) is 3. The summed E-state index contributed by atoms with van der Waals surface area (Å²) >= 11 is 0. The number of benzene rings is 1. The molecule has 4 bridgehead atoms. The summed E-state index contributed by atoms with van der Waals surface area (Å²) < 4.78 is 33.4. The molecule has 1 aromatic rings. The van der Waals surface area contributed by atoms with Gasteiger partial charge in [-0.3, -0.25) is 0 Å². The van der Waals surface area contributed by atoms with Crippen LogP contribution in [0.4, 0.5) is 8.78 Å². The first kappa shape index (κ1) is 15.9. The topological polar surface area (TPSA) is 27.7 Å². The van der Waals surface area contributed by atoms with Gasteiger partial charge >= 0.3 is 0 Å². The van der Waals surface area contributed by atoms with Crippen LogP contribution in [0.15, 0.2) is 24.8 Å². The number of hydrogen-bond donors (Lipinski definition) is 0. The molecule has 1 saturated heterocycles. The van der Waals surface area contributed by atoms with Gasteiger partial charge in [0.05, 0.1) is 6.61 Å². The van der Waals surface area contributed by atoms with E-state index in [1.807, 2.05) is 0 Å². The zero-order chi connectivity index (χ0) is 17.2. The molecule has 0 N–H and O–H groups in total. The maximum atomic E-state index is 14.0. The molecule has 0 aromatic heterocycles. The Morgan fingerprint density at radius 2 is 1.72 bits per heavy atom. The molecule has 4 aliphatic carbocycles. The average molecular weight is 348 g/mol. The van der Waals surface area contributed by atoms with E-state index in [9.17, 15) is 8.78 Å². The third kappa shape index (κ3) is 2.40. The van der Waals surface area contributed by atoms with Gasteiger partial charge in [0.1, 0.15) is 17.7 Å². The van der Waals surface area contributed by atoms with Gasteiger partial charge < -0.3 is 4.74 Å². The van der Waals surface area contributed by atoms with Gasteiger partial charge in [-0.2, -0.15) is 4.89 Å². The predicted octanol–water partition coefficient (Wildman–Crippen LogP) is 4.48. The molecule has 25 heavy (non-hydrogen) atoms. The van der Waals surface area contributed by atoms with Gasteiger partial charge in [-0.05, 0) is 61.6 Å². The lowest BCUT2D eigenvalue weighted by Gasteiger charge is -2.60. The second-order valence-electron chi connectivity index (χ2n) is 8.15. The van der Waals surface area contributed by atoms with Crippen LogP contribution in [0.2, 0.25) is 0 Å². The Hall–Kier alpha value is -1.30. The Morgan fingerprint density at radius 3 is 2.28 bits per heavy atom. The fourth-order valence-corrected chi connectivity index (χ4v) is 5.69. The Kier molecular flexibility index (Phi) is 3.56. The Morgan fingerprint density at radius 1 is 1.04 bits per heavy atom. The fraction of sp³-hybridized carbons (Fsp3) is 0.600. The summed E-state index contributed by atoms with van der Waals surface area (Å²) in [4.78, 5) is 11.6. The maximum absolute atomic E-state index is 14.0. The second-order valence-corrected chi connectivity index (χ2v) is 8.15. The molecular formula is C20H22F2O3. The molecule has 5 heteroatoms. The first-order valence-corrected chi connectivity index (χ1v) is 9.18. The van der Waals surface area contributed by atoms with Crippen LogP contribution in [0.3, 0.4) is 0 Å². The molecule has 1 unspecified atom stereocenters. The molecule has 1 heterocycles. The fourth-order valence-electron chi connectivity index (χ4n) is 5.69. The van der Waals surface area contributed by atoms with Gasteiger partial charge in [0.25, 0.3) is 0 Å². The van der Waals surface area contributed by atoms with E-state index in [0.29, 0.717) is 17.4 Å². The van der Waals surface area contributed by atoms with Crippen molar-refractivity contribution in [2.75, 3.05) is 6.61 Å². The third-order valence-electron chi connectivity index (χ3n) is 6.70. The molecule has 1 aromatic carbocycles. The summed E-state index contributed by atoms with van der Waals surface area (Å²) in [6.45, 7) is 4.21. The van der Waals surface area contributed by atoms with Gasteiger partial charge in [0.15, 0.2) is 0 Å². The SMILES string of the molecule is C=C(c1ccc(F)cc1F)C1COC2(OO1)C1CC3CC(C1)CC2C3. The van der Waals surface area contributed by atoms with Gasteiger partial charge in [-0.15, -0.1) is 0 Å². The first-order valence-electron chi connectivity index (χ1n) is 9.18. The second kappa shape index (κ2) is 5.60. The van der Waals surface area contributed by atoms with E-state index in [1.54, 1.807) is 0 Å². The van der Waals surface area contributed by atoms with Crippen LogP contribution in [-0.2, 0) is 14.5 Å². The van der Waals surface area contributed by atoms with Crippen molar-refractivity contribution < 1.29 is 23.3 Å². The quantitative estimate of drug-likeness (QED) is 0.738. The van der Waals surface area contributed by atoms with Crippen molar-refractivity contribution in [3.8, 4) is 0 Å². The Labute approximate surface area is 145 Å². The highest BCUT2D eigenvalue weighted by atomic mass is 19.1. The zero-order valence-corrected chi connectivity index (χ0v) is 14.0. The van der Waals surface area contributed by atoms with Crippen LogP contribution in [0.1, 0.15) is 37.7 Å². The standard InChI is InChI=1S/C20H22F2O3/c1-11(17-3-2-16(21)9-18(17)22)19-10-23-20(25-24-19)14-5-12-4-13(7-14)8-15(20)6-12/h2-3,9,12-15,19H,1,4-8,10H2. The Balaban J connectivity index is 1.32. The highest BCUT2D eigenvalue weighted by Crippen LogP contribution is 2.60. The predicted molar refractivity (Wildman–Crippen MR) is 87.1 cm³/mol. The lowest BCUT2D eigenvalue weighted by molar-refractivity contribution is -0.517. The minimum Gasteiger partial charge on any atom is -0.344 e. The summed E-state index contributed by atoms with van der Waals surface area (Å²) in [5.41, 5.74) is 0.649. The maximum Gasteiger partial charge on any atom is 0.207 e. The highest BCUT2D eigenvalue weighted by molar-refractivity contribution is 5.67. The monoisotopic (exact) mass is 348 g/mol. The van der Waals surface area contributed by atoms with E-state index in [4.69, 9.17) is 14.5 Å². The summed E-state index contributed by atoms with van der Waals surface area (Å²) in [6.07, 6.45) is 5.36. The minimum absolute atomic E-state index is 0.236. The van der Waals surface area contributed by atoms with Crippen molar-refractivity contribution in [2.24, 2.45) is 23.7 Å². The Bertz CT molecular complexity index is 679. The smallest absolute Gasteiger partial charge is 0.207 e. The average Bonchev–Trinajstić information content (AvgIpc) is 2.59. The summed E-state index contributed by atoms with van der Waals surface area (Å²) in [5, 5.41) is 0. The molecule has 5 fully saturated rings. The van der Waals surface area contributed by atoms with Crippen LogP contribution in [0.25, 0.3) is 5.57 Å². The van der Waals surface area contributed by atoms with Gasteiger partial charge in [-0.1, -0.05) is 6.58 Å². The van der Waals surface area contributed by atoms with E-state index in [1.165, 1.54) is 18.6 Å². The van der Waals surface area contributed by atoms with Crippen LogP contribution < -0.4 is 0 Å². The zero-order valence-electron chi connectivity index (χ0n) is 14.0. The van der Waals surface area contributed by atoms with Gasteiger partial charge in [0, 0.05) is 23.5 Å². The first-order chi connectivity index (χ1) is 12.0. The van der Waals surface area contributed by atoms with Crippen LogP contribution in [0, 0.1) is 35.3 Å². The lowest BCUT2D eigenvalue weighted by atomic mass is 9.53. The molecule has 3 nitrogen and oxygen atoms in total. The van der Waals surface area contributed by atoms with Crippen molar-refractivity contribution in [3.63, 3.8) is 0 Å². The van der Waals surface area contributed by atoms with E-state index in [0.717, 1.165) is 43.6 Å². The van der Waals surface area contributed by atoms with Gasteiger partial charge in [0.2, 0.25) is 5.79 Å². The summed E-state index contributed by atoms with van der Waals surface area (Å²) in [6, 6.07) is 3.45. The molecule has 4 saturated carbocycles. The number of halogens is 2. The molecule has 6 rings (SSSR count). The van der Waals surface area contributed by atoms with Gasteiger partial charge in [-0.25, -0.2) is 13.7 Å². The van der Waals surface area contributed by atoms with Crippen molar-refractivity contribution >= 4 is 5.57 Å². The molecule has 0 radical (unpaired) electrons. The molecule has 134 valence electrons. The van der Waals surface area contributed by atoms with E-state index < -0.39 is 23.5 Å². The van der Waals surface area contributed by atoms with Crippen LogP contribution in [0.5, 0.6) is 0 Å². The minimum atomic E-state index is -0.650. The summed E-state index contributed by atoms with van der Waals surface area (Å²) in [5.74, 6) is 0.497. The largest absolute Gasteiger partial charge is 0.344 e. The normalized spacial score (nSPS) is 42.1. The molecule has 1 spiro atoms. The van der Waals surface area contributed by atoms with Crippen molar-refractivity contribution in [1.29, 1.82) is 0 Å². The molecule has 0 amide bonds. The van der Waals surface area contributed by atoms with E-state index in [-0.39, 0.29) is 12.2 Å². The van der Waals surface area contributed by atoms with Crippen molar-refractivity contribution in [2.45, 2.75) is 44.0 Å².